The summed E-state index contributed by atoms with van der Waals surface area (Å²) >= 11 is 0. The molecule has 0 radical (unpaired) electrons. The minimum absolute atomic E-state index is 0.0517. The first-order valence-electron chi connectivity index (χ1n) is 12.5. The van der Waals surface area contributed by atoms with Crippen LogP contribution in [0.15, 0.2) is 47.5 Å². The van der Waals surface area contributed by atoms with Gasteiger partial charge in [-0.1, -0.05) is 6.07 Å². The van der Waals surface area contributed by atoms with E-state index in [9.17, 15) is 19.5 Å². The molecule has 0 atom stereocenters. The molecule has 0 saturated carbocycles. The SMILES string of the molecule is CN(C)c1c(-c2ccc3ccc(C(=O)O)c(=O)n3c2)cnc2[nH]c3c(N(C)C(=O)OC(C)(C)C)cc(F)c(F)c3c12. The Kier molecular flexibility index (Phi) is 6.44. The number of halogens is 2. The number of carboxylic acids is 1. The highest BCUT2D eigenvalue weighted by Crippen LogP contribution is 2.43. The number of aromatic nitrogens is 3. The third-order valence-corrected chi connectivity index (χ3v) is 6.61. The van der Waals surface area contributed by atoms with Gasteiger partial charge in [0.05, 0.1) is 27.7 Å². The van der Waals surface area contributed by atoms with E-state index < -0.39 is 40.4 Å². The van der Waals surface area contributed by atoms with Gasteiger partial charge in [0.1, 0.15) is 16.8 Å². The summed E-state index contributed by atoms with van der Waals surface area (Å²) < 4.78 is 37.3. The molecule has 0 aliphatic rings. The fraction of sp³-hybridized carbons (Fsp3) is 0.241. The van der Waals surface area contributed by atoms with Crippen LogP contribution in [0.1, 0.15) is 31.1 Å². The molecule has 0 unspecified atom stereocenters. The Bertz CT molecular complexity index is 1960. The van der Waals surface area contributed by atoms with E-state index in [4.69, 9.17) is 4.74 Å². The Balaban J connectivity index is 1.80. The number of carbonyl (C=O) groups is 2. The number of rotatable bonds is 4. The van der Waals surface area contributed by atoms with Crippen molar-refractivity contribution in [3.8, 4) is 11.1 Å². The van der Waals surface area contributed by atoms with E-state index in [2.05, 4.69) is 9.97 Å². The highest BCUT2D eigenvalue weighted by molar-refractivity contribution is 6.19. The van der Waals surface area contributed by atoms with Crippen LogP contribution in [-0.2, 0) is 4.74 Å². The molecule has 0 aliphatic carbocycles. The molecule has 0 bridgehead atoms. The number of anilines is 2. The molecule has 5 aromatic rings. The van der Waals surface area contributed by atoms with Crippen LogP contribution in [0.2, 0.25) is 0 Å². The van der Waals surface area contributed by atoms with Gasteiger partial charge in [0.25, 0.3) is 5.56 Å². The number of benzene rings is 1. The molecule has 4 heterocycles. The Labute approximate surface area is 232 Å². The molecular weight excluding hydrogens is 536 g/mol. The van der Waals surface area contributed by atoms with Crippen molar-refractivity contribution in [2.75, 3.05) is 30.9 Å². The number of pyridine rings is 3. The summed E-state index contributed by atoms with van der Waals surface area (Å²) in [7, 11) is 4.84. The average molecular weight is 564 g/mol. The summed E-state index contributed by atoms with van der Waals surface area (Å²) in [6, 6.07) is 7.05. The molecule has 41 heavy (non-hydrogen) atoms. The first kappa shape index (κ1) is 27.6. The van der Waals surface area contributed by atoms with Crippen LogP contribution in [0.25, 0.3) is 38.6 Å². The van der Waals surface area contributed by atoms with Crippen molar-refractivity contribution in [1.82, 2.24) is 14.4 Å². The Hall–Kier alpha value is -5.00. The van der Waals surface area contributed by atoms with Crippen molar-refractivity contribution in [3.05, 3.63) is 70.3 Å². The number of ether oxygens (including phenoxy) is 1. The first-order chi connectivity index (χ1) is 19.2. The normalized spacial score (nSPS) is 11.8. The lowest BCUT2D eigenvalue weighted by atomic mass is 10.0. The number of nitrogens with zero attached hydrogens (tertiary/aromatic N) is 4. The standard InChI is InChI=1S/C29H27F2N5O5/c1-29(2,3)41-28(40)35(6)19-11-18(30)22(31)20-21-24(34(4)5)17(12-32-25(21)33-23(19)20)14-7-8-15-9-10-16(27(38)39)26(37)36(15)13-14/h7-13H,1-6H3,(H,32,33)(H,38,39). The minimum atomic E-state index is -1.35. The Morgan fingerprint density at radius 2 is 1.76 bits per heavy atom. The van der Waals surface area contributed by atoms with Crippen molar-refractivity contribution in [1.29, 1.82) is 0 Å². The molecule has 0 aliphatic heterocycles. The molecule has 12 heteroatoms. The number of aromatic amines is 1. The topological polar surface area (TPSA) is 120 Å². The minimum Gasteiger partial charge on any atom is -0.477 e. The second-order valence-electron chi connectivity index (χ2n) is 10.8. The van der Waals surface area contributed by atoms with Gasteiger partial charge < -0.3 is 19.7 Å². The average Bonchev–Trinajstić information content (AvgIpc) is 3.28. The highest BCUT2D eigenvalue weighted by Gasteiger charge is 2.28. The Morgan fingerprint density at radius 3 is 2.39 bits per heavy atom. The molecule has 1 amide bonds. The zero-order chi connectivity index (χ0) is 30.0. The van der Waals surface area contributed by atoms with Gasteiger partial charge in [-0.15, -0.1) is 0 Å². The maximum absolute atomic E-state index is 15.6. The molecule has 1 aromatic carbocycles. The molecule has 2 N–H and O–H groups in total. The molecule has 0 fully saturated rings. The van der Waals surface area contributed by atoms with Gasteiger partial charge in [-0.25, -0.2) is 23.4 Å². The molecular formula is C29H27F2N5O5. The summed E-state index contributed by atoms with van der Waals surface area (Å²) in [6.07, 6.45) is 2.24. The number of aromatic carboxylic acids is 1. The maximum atomic E-state index is 15.6. The van der Waals surface area contributed by atoms with Gasteiger partial charge in [0, 0.05) is 56.2 Å². The second-order valence-corrected chi connectivity index (χ2v) is 10.8. The number of carbonyl (C=O) groups excluding carboxylic acids is 1. The number of fused-ring (bicyclic) bond motifs is 4. The molecule has 10 nitrogen and oxygen atoms in total. The van der Waals surface area contributed by atoms with E-state index in [0.717, 1.165) is 11.0 Å². The van der Waals surface area contributed by atoms with Crippen LogP contribution in [0.5, 0.6) is 0 Å². The molecule has 212 valence electrons. The summed E-state index contributed by atoms with van der Waals surface area (Å²) in [4.78, 5) is 47.5. The monoisotopic (exact) mass is 563 g/mol. The smallest absolute Gasteiger partial charge is 0.414 e. The van der Waals surface area contributed by atoms with Crippen molar-refractivity contribution >= 4 is 50.9 Å². The van der Waals surface area contributed by atoms with Crippen LogP contribution in [-0.4, -0.2) is 58.3 Å². The zero-order valence-electron chi connectivity index (χ0n) is 23.2. The fourth-order valence-electron chi connectivity index (χ4n) is 4.81. The predicted octanol–water partition coefficient (Wildman–Crippen LogP) is 5.41. The van der Waals surface area contributed by atoms with Crippen LogP contribution in [0.4, 0.5) is 25.0 Å². The Morgan fingerprint density at radius 1 is 1.07 bits per heavy atom. The van der Waals surface area contributed by atoms with Crippen molar-refractivity contribution in [2.45, 2.75) is 26.4 Å². The van der Waals surface area contributed by atoms with E-state index in [1.807, 2.05) is 0 Å². The summed E-state index contributed by atoms with van der Waals surface area (Å²) in [5, 5.41) is 9.53. The highest BCUT2D eigenvalue weighted by atomic mass is 19.2. The molecule has 0 spiro atoms. The van der Waals surface area contributed by atoms with Gasteiger partial charge in [-0.3, -0.25) is 14.1 Å². The van der Waals surface area contributed by atoms with Crippen LogP contribution >= 0.6 is 0 Å². The third kappa shape index (κ3) is 4.60. The summed E-state index contributed by atoms with van der Waals surface area (Å²) in [5.74, 6) is -3.65. The van der Waals surface area contributed by atoms with Gasteiger partial charge in [-0.2, -0.15) is 0 Å². The summed E-state index contributed by atoms with van der Waals surface area (Å²) in [6.45, 7) is 5.09. The number of hydrogen-bond acceptors (Lipinski definition) is 6. The maximum Gasteiger partial charge on any atom is 0.414 e. The lowest BCUT2D eigenvalue weighted by molar-refractivity contribution is 0.0588. The summed E-state index contributed by atoms with van der Waals surface area (Å²) in [5.41, 5.74) is 0.395. The largest absolute Gasteiger partial charge is 0.477 e. The van der Waals surface area contributed by atoms with Crippen LogP contribution in [0.3, 0.4) is 0 Å². The van der Waals surface area contributed by atoms with Gasteiger partial charge >= 0.3 is 12.1 Å². The van der Waals surface area contributed by atoms with Crippen molar-refractivity contribution < 1.29 is 28.2 Å². The number of amides is 1. The molecule has 5 rings (SSSR count). The number of hydrogen-bond donors (Lipinski definition) is 2. The van der Waals surface area contributed by atoms with E-state index in [-0.39, 0.29) is 27.6 Å². The van der Waals surface area contributed by atoms with E-state index in [0.29, 0.717) is 22.3 Å². The molecule has 4 aromatic heterocycles. The van der Waals surface area contributed by atoms with E-state index >= 15 is 8.78 Å². The quantitative estimate of drug-likeness (QED) is 0.300. The molecule has 0 saturated heterocycles. The van der Waals surface area contributed by atoms with Crippen LogP contribution in [0, 0.1) is 11.6 Å². The lowest BCUT2D eigenvalue weighted by Crippen LogP contribution is -2.34. The number of nitrogens with one attached hydrogen (secondary N) is 1. The fourth-order valence-corrected chi connectivity index (χ4v) is 4.81. The van der Waals surface area contributed by atoms with Gasteiger partial charge in [0.2, 0.25) is 0 Å². The zero-order valence-corrected chi connectivity index (χ0v) is 23.2. The van der Waals surface area contributed by atoms with Gasteiger partial charge in [0.15, 0.2) is 11.6 Å². The van der Waals surface area contributed by atoms with E-state index in [1.54, 1.807) is 51.9 Å². The number of carboxylic acid groups (broad SMARTS) is 1. The first-order valence-corrected chi connectivity index (χ1v) is 12.5. The number of H-pyrrole nitrogens is 1. The van der Waals surface area contributed by atoms with Crippen LogP contribution < -0.4 is 15.4 Å². The predicted molar refractivity (Wildman–Crippen MR) is 152 cm³/mol. The second kappa shape index (κ2) is 9.58. The van der Waals surface area contributed by atoms with Crippen molar-refractivity contribution in [3.63, 3.8) is 0 Å². The lowest BCUT2D eigenvalue weighted by Gasteiger charge is -2.25. The third-order valence-electron chi connectivity index (χ3n) is 6.61. The van der Waals surface area contributed by atoms with E-state index in [1.165, 1.54) is 36.0 Å². The van der Waals surface area contributed by atoms with Crippen molar-refractivity contribution in [2.24, 2.45) is 0 Å². The van der Waals surface area contributed by atoms with Gasteiger partial charge in [-0.05, 0) is 39.0 Å².